The number of hydrogen-bond acceptors (Lipinski definition) is 3. The van der Waals surface area contributed by atoms with Gasteiger partial charge in [0.15, 0.2) is 0 Å². The van der Waals surface area contributed by atoms with Crippen molar-refractivity contribution >= 4 is 5.91 Å². The van der Waals surface area contributed by atoms with E-state index in [1.165, 1.54) is 12.1 Å². The molecule has 0 aliphatic carbocycles. The molecule has 0 fully saturated rings. The molecule has 1 aromatic rings. The van der Waals surface area contributed by atoms with Gasteiger partial charge in [0.1, 0.15) is 5.75 Å². The number of nitrogens with one attached hydrogen (secondary N) is 1. The minimum atomic E-state index is -2.85. The van der Waals surface area contributed by atoms with Crippen molar-refractivity contribution in [1.29, 1.82) is 0 Å². The normalized spacial score (nSPS) is 13.0. The third-order valence-electron chi connectivity index (χ3n) is 4.18. The standard InChI is InChI=1S/C16H24F2N2O2/c1-4-16(5-2,10-19)14(21)20-11(3)12-6-8-13(9-7-12)22-15(17)18/h6-9,11,15H,4-5,10,19H2,1-3H3,(H,20,21). The summed E-state index contributed by atoms with van der Waals surface area (Å²) in [7, 11) is 0. The zero-order chi connectivity index (χ0) is 16.8. The van der Waals surface area contributed by atoms with Crippen molar-refractivity contribution in [3.63, 3.8) is 0 Å². The maximum absolute atomic E-state index is 12.4. The number of benzene rings is 1. The number of rotatable bonds is 8. The van der Waals surface area contributed by atoms with E-state index in [-0.39, 0.29) is 17.7 Å². The fraction of sp³-hybridized carbons (Fsp3) is 0.562. The predicted octanol–water partition coefficient (Wildman–Crippen LogP) is 3.23. The molecule has 1 atom stereocenters. The Balaban J connectivity index is 2.76. The Labute approximate surface area is 130 Å². The minimum absolute atomic E-state index is 0.0830. The van der Waals surface area contributed by atoms with Gasteiger partial charge in [-0.15, -0.1) is 0 Å². The lowest BCUT2D eigenvalue weighted by Crippen LogP contribution is -2.46. The third kappa shape index (κ3) is 4.40. The first-order valence-corrected chi connectivity index (χ1v) is 7.44. The van der Waals surface area contributed by atoms with Crippen LogP contribution in [0.1, 0.15) is 45.2 Å². The molecular formula is C16H24F2N2O2. The zero-order valence-electron chi connectivity index (χ0n) is 13.2. The molecule has 0 aliphatic heterocycles. The Morgan fingerprint density at radius 2 is 1.82 bits per heavy atom. The van der Waals surface area contributed by atoms with Crippen LogP contribution >= 0.6 is 0 Å². The van der Waals surface area contributed by atoms with Gasteiger partial charge in [0.2, 0.25) is 5.91 Å². The first-order chi connectivity index (χ1) is 10.4. The topological polar surface area (TPSA) is 64.4 Å². The van der Waals surface area contributed by atoms with Gasteiger partial charge in [-0.1, -0.05) is 26.0 Å². The van der Waals surface area contributed by atoms with Crippen molar-refractivity contribution in [2.75, 3.05) is 6.54 Å². The van der Waals surface area contributed by atoms with Gasteiger partial charge in [0, 0.05) is 6.54 Å². The van der Waals surface area contributed by atoms with Crippen LogP contribution in [0.25, 0.3) is 0 Å². The highest BCUT2D eigenvalue weighted by Crippen LogP contribution is 2.27. The largest absolute Gasteiger partial charge is 0.435 e. The van der Waals surface area contributed by atoms with E-state index in [0.29, 0.717) is 19.4 Å². The summed E-state index contributed by atoms with van der Waals surface area (Å²) in [5.41, 5.74) is 6.01. The van der Waals surface area contributed by atoms with Gasteiger partial charge in [-0.2, -0.15) is 8.78 Å². The Hall–Kier alpha value is -1.69. The molecule has 1 amide bonds. The Morgan fingerprint density at radius 1 is 1.27 bits per heavy atom. The molecular weight excluding hydrogens is 290 g/mol. The number of nitrogens with two attached hydrogens (primary N) is 1. The molecule has 22 heavy (non-hydrogen) atoms. The second-order valence-corrected chi connectivity index (χ2v) is 5.33. The summed E-state index contributed by atoms with van der Waals surface area (Å²) in [6, 6.07) is 5.99. The second kappa shape index (κ2) is 8.08. The molecule has 0 aliphatic rings. The maximum Gasteiger partial charge on any atom is 0.387 e. The lowest BCUT2D eigenvalue weighted by molar-refractivity contribution is -0.131. The van der Waals surface area contributed by atoms with Gasteiger partial charge in [-0.3, -0.25) is 4.79 Å². The van der Waals surface area contributed by atoms with E-state index < -0.39 is 12.0 Å². The highest BCUT2D eigenvalue weighted by Gasteiger charge is 2.34. The highest BCUT2D eigenvalue weighted by molar-refractivity contribution is 5.83. The average molecular weight is 314 g/mol. The van der Waals surface area contributed by atoms with Crippen LogP contribution in [0.5, 0.6) is 5.75 Å². The van der Waals surface area contributed by atoms with Gasteiger partial charge in [0.25, 0.3) is 0 Å². The quantitative estimate of drug-likeness (QED) is 0.774. The van der Waals surface area contributed by atoms with Crippen LogP contribution in [-0.2, 0) is 4.79 Å². The summed E-state index contributed by atoms with van der Waals surface area (Å²) in [5.74, 6) is 0.0103. The van der Waals surface area contributed by atoms with Gasteiger partial charge >= 0.3 is 6.61 Å². The lowest BCUT2D eigenvalue weighted by Gasteiger charge is -2.30. The Bertz CT molecular complexity index is 465. The van der Waals surface area contributed by atoms with Crippen LogP contribution < -0.4 is 15.8 Å². The van der Waals surface area contributed by atoms with Crippen LogP contribution in [0.3, 0.4) is 0 Å². The molecule has 0 radical (unpaired) electrons. The van der Waals surface area contributed by atoms with Crippen molar-refractivity contribution in [2.45, 2.75) is 46.3 Å². The van der Waals surface area contributed by atoms with E-state index in [4.69, 9.17) is 5.73 Å². The fourth-order valence-corrected chi connectivity index (χ4v) is 2.32. The lowest BCUT2D eigenvalue weighted by atomic mass is 9.81. The third-order valence-corrected chi connectivity index (χ3v) is 4.18. The monoisotopic (exact) mass is 314 g/mol. The first kappa shape index (κ1) is 18.4. The van der Waals surface area contributed by atoms with Crippen molar-refractivity contribution in [1.82, 2.24) is 5.32 Å². The summed E-state index contributed by atoms with van der Waals surface area (Å²) < 4.78 is 28.5. The molecule has 1 unspecified atom stereocenters. The van der Waals surface area contributed by atoms with E-state index >= 15 is 0 Å². The molecule has 0 heterocycles. The van der Waals surface area contributed by atoms with Crippen molar-refractivity contribution in [2.24, 2.45) is 11.1 Å². The van der Waals surface area contributed by atoms with Gasteiger partial charge in [-0.05, 0) is 37.5 Å². The molecule has 0 saturated carbocycles. The number of hydrogen-bond donors (Lipinski definition) is 2. The average Bonchev–Trinajstić information content (AvgIpc) is 2.49. The highest BCUT2D eigenvalue weighted by atomic mass is 19.3. The summed E-state index contributed by atoms with van der Waals surface area (Å²) in [5, 5.41) is 2.94. The molecule has 3 N–H and O–H groups in total. The molecule has 0 aromatic heterocycles. The van der Waals surface area contributed by atoms with Crippen LogP contribution in [-0.4, -0.2) is 19.1 Å². The molecule has 1 aromatic carbocycles. The molecule has 1 rings (SSSR count). The summed E-state index contributed by atoms with van der Waals surface area (Å²) >= 11 is 0. The molecule has 0 bridgehead atoms. The van der Waals surface area contributed by atoms with Crippen molar-refractivity contribution in [3.8, 4) is 5.75 Å². The van der Waals surface area contributed by atoms with Gasteiger partial charge in [0.05, 0.1) is 11.5 Å². The Morgan fingerprint density at radius 3 is 2.23 bits per heavy atom. The number of halogens is 2. The zero-order valence-corrected chi connectivity index (χ0v) is 13.2. The van der Waals surface area contributed by atoms with Crippen molar-refractivity contribution in [3.05, 3.63) is 29.8 Å². The smallest absolute Gasteiger partial charge is 0.387 e. The number of alkyl halides is 2. The number of carbonyl (C=O) groups is 1. The van der Waals surface area contributed by atoms with E-state index in [1.807, 2.05) is 20.8 Å². The van der Waals surface area contributed by atoms with E-state index in [2.05, 4.69) is 10.1 Å². The van der Waals surface area contributed by atoms with Gasteiger partial charge < -0.3 is 15.8 Å². The van der Waals surface area contributed by atoms with E-state index in [9.17, 15) is 13.6 Å². The molecule has 124 valence electrons. The molecule has 0 spiro atoms. The van der Waals surface area contributed by atoms with Gasteiger partial charge in [-0.25, -0.2) is 0 Å². The fourth-order valence-electron chi connectivity index (χ4n) is 2.32. The van der Waals surface area contributed by atoms with Crippen LogP contribution in [0, 0.1) is 5.41 Å². The first-order valence-electron chi connectivity index (χ1n) is 7.44. The Kier molecular flexibility index (Phi) is 6.74. The summed E-state index contributed by atoms with van der Waals surface area (Å²) in [4.78, 5) is 12.4. The predicted molar refractivity (Wildman–Crippen MR) is 81.7 cm³/mol. The van der Waals surface area contributed by atoms with Crippen LogP contribution in [0.4, 0.5) is 8.78 Å². The van der Waals surface area contributed by atoms with Crippen LogP contribution in [0.2, 0.25) is 0 Å². The number of ether oxygens (including phenoxy) is 1. The molecule has 0 saturated heterocycles. The molecule has 6 heteroatoms. The summed E-state index contributed by atoms with van der Waals surface area (Å²) in [6.45, 7) is 3.17. The SMILES string of the molecule is CCC(CC)(CN)C(=O)NC(C)c1ccc(OC(F)F)cc1. The summed E-state index contributed by atoms with van der Waals surface area (Å²) in [6.07, 6.45) is 1.33. The van der Waals surface area contributed by atoms with Crippen molar-refractivity contribution < 1.29 is 18.3 Å². The number of carbonyl (C=O) groups excluding carboxylic acids is 1. The number of amides is 1. The van der Waals surface area contributed by atoms with E-state index in [0.717, 1.165) is 5.56 Å². The van der Waals surface area contributed by atoms with Crippen LogP contribution in [0.15, 0.2) is 24.3 Å². The maximum atomic E-state index is 12.4. The second-order valence-electron chi connectivity index (χ2n) is 5.33. The molecule has 4 nitrogen and oxygen atoms in total. The van der Waals surface area contributed by atoms with E-state index in [1.54, 1.807) is 12.1 Å². The minimum Gasteiger partial charge on any atom is -0.435 e.